The summed E-state index contributed by atoms with van der Waals surface area (Å²) in [4.78, 5) is 12.5. The Morgan fingerprint density at radius 2 is 1.48 bits per heavy atom. The van der Waals surface area contributed by atoms with Crippen LogP contribution in [0.3, 0.4) is 0 Å². The average molecular weight is 333 g/mol. The molecule has 0 atom stereocenters. The van der Waals surface area contributed by atoms with Crippen molar-refractivity contribution in [2.75, 3.05) is 19.5 Å². The molecular formula is C21H19NO3. The first-order valence-electron chi connectivity index (χ1n) is 7.90. The summed E-state index contributed by atoms with van der Waals surface area (Å²) in [5.41, 5.74) is 3.36. The van der Waals surface area contributed by atoms with Gasteiger partial charge in [-0.05, 0) is 35.4 Å². The SMILES string of the molecule is COc1ccc(NC(=O)c2ccc(-c3ccccc3)cc2)c(OC)c1. The molecule has 0 spiro atoms. The van der Waals surface area contributed by atoms with Crippen LogP contribution in [0.4, 0.5) is 5.69 Å². The molecule has 0 radical (unpaired) electrons. The van der Waals surface area contributed by atoms with E-state index >= 15 is 0 Å². The topological polar surface area (TPSA) is 47.6 Å². The molecule has 0 aliphatic rings. The summed E-state index contributed by atoms with van der Waals surface area (Å²) in [5.74, 6) is 1.03. The van der Waals surface area contributed by atoms with Crippen LogP contribution in [0.25, 0.3) is 11.1 Å². The Kier molecular flexibility index (Phi) is 5.00. The van der Waals surface area contributed by atoms with Gasteiger partial charge in [0.15, 0.2) is 0 Å². The van der Waals surface area contributed by atoms with Crippen LogP contribution < -0.4 is 14.8 Å². The monoisotopic (exact) mass is 333 g/mol. The third-order valence-corrected chi connectivity index (χ3v) is 3.91. The van der Waals surface area contributed by atoms with Crippen molar-refractivity contribution in [1.29, 1.82) is 0 Å². The van der Waals surface area contributed by atoms with E-state index in [1.807, 2.05) is 54.6 Å². The molecule has 1 amide bonds. The highest BCUT2D eigenvalue weighted by molar-refractivity contribution is 6.05. The second-order valence-electron chi connectivity index (χ2n) is 5.46. The largest absolute Gasteiger partial charge is 0.497 e. The zero-order valence-corrected chi connectivity index (χ0v) is 14.2. The summed E-state index contributed by atoms with van der Waals surface area (Å²) in [7, 11) is 3.14. The molecule has 0 aliphatic carbocycles. The van der Waals surface area contributed by atoms with Gasteiger partial charge in [0.05, 0.1) is 19.9 Å². The molecule has 0 saturated heterocycles. The smallest absolute Gasteiger partial charge is 0.255 e. The molecule has 0 heterocycles. The molecular weight excluding hydrogens is 314 g/mol. The van der Waals surface area contributed by atoms with E-state index < -0.39 is 0 Å². The van der Waals surface area contributed by atoms with Crippen LogP contribution in [0.1, 0.15) is 10.4 Å². The van der Waals surface area contributed by atoms with Gasteiger partial charge < -0.3 is 14.8 Å². The van der Waals surface area contributed by atoms with Gasteiger partial charge in [-0.15, -0.1) is 0 Å². The van der Waals surface area contributed by atoms with Crippen LogP contribution in [0.15, 0.2) is 72.8 Å². The first kappa shape index (κ1) is 16.6. The fourth-order valence-corrected chi connectivity index (χ4v) is 2.54. The molecule has 126 valence electrons. The minimum Gasteiger partial charge on any atom is -0.497 e. The van der Waals surface area contributed by atoms with Crippen molar-refractivity contribution in [3.05, 3.63) is 78.4 Å². The van der Waals surface area contributed by atoms with Gasteiger partial charge in [-0.2, -0.15) is 0 Å². The van der Waals surface area contributed by atoms with Gasteiger partial charge in [0, 0.05) is 11.6 Å². The number of amides is 1. The lowest BCUT2D eigenvalue weighted by molar-refractivity contribution is 0.102. The Balaban J connectivity index is 1.78. The maximum atomic E-state index is 12.5. The number of ether oxygens (including phenoxy) is 2. The standard InChI is InChI=1S/C21H19NO3/c1-24-18-12-13-19(20(14-18)25-2)22-21(23)17-10-8-16(9-11-17)15-6-4-3-5-7-15/h3-14H,1-2H3,(H,22,23). The second kappa shape index (κ2) is 7.53. The highest BCUT2D eigenvalue weighted by Gasteiger charge is 2.11. The minimum atomic E-state index is -0.192. The van der Waals surface area contributed by atoms with E-state index in [0.29, 0.717) is 22.7 Å². The molecule has 3 aromatic rings. The Hall–Kier alpha value is -3.27. The number of nitrogens with one attached hydrogen (secondary N) is 1. The van der Waals surface area contributed by atoms with Gasteiger partial charge in [-0.25, -0.2) is 0 Å². The number of hydrogen-bond acceptors (Lipinski definition) is 3. The number of methoxy groups -OCH3 is 2. The molecule has 4 heteroatoms. The van der Waals surface area contributed by atoms with Gasteiger partial charge >= 0.3 is 0 Å². The van der Waals surface area contributed by atoms with E-state index in [4.69, 9.17) is 9.47 Å². The Bertz CT molecular complexity index is 858. The summed E-state index contributed by atoms with van der Waals surface area (Å²) in [6.45, 7) is 0. The Morgan fingerprint density at radius 1 is 0.800 bits per heavy atom. The van der Waals surface area contributed by atoms with Gasteiger partial charge in [0.25, 0.3) is 5.91 Å². The first-order valence-corrected chi connectivity index (χ1v) is 7.90. The van der Waals surface area contributed by atoms with Crippen molar-refractivity contribution < 1.29 is 14.3 Å². The van der Waals surface area contributed by atoms with Gasteiger partial charge in [0.2, 0.25) is 0 Å². The lowest BCUT2D eigenvalue weighted by Gasteiger charge is -2.12. The molecule has 3 aromatic carbocycles. The van der Waals surface area contributed by atoms with Crippen LogP contribution in [-0.2, 0) is 0 Å². The molecule has 1 N–H and O–H groups in total. The Morgan fingerprint density at radius 3 is 2.12 bits per heavy atom. The van der Waals surface area contributed by atoms with E-state index in [9.17, 15) is 4.79 Å². The van der Waals surface area contributed by atoms with Crippen LogP contribution in [-0.4, -0.2) is 20.1 Å². The molecule has 3 rings (SSSR count). The Labute approximate surface area is 147 Å². The van der Waals surface area contributed by atoms with Gasteiger partial charge in [0.1, 0.15) is 11.5 Å². The highest BCUT2D eigenvalue weighted by atomic mass is 16.5. The number of anilines is 1. The number of carbonyl (C=O) groups excluding carboxylic acids is 1. The van der Waals surface area contributed by atoms with Crippen LogP contribution in [0.5, 0.6) is 11.5 Å². The molecule has 0 unspecified atom stereocenters. The molecule has 25 heavy (non-hydrogen) atoms. The summed E-state index contributed by atoms with van der Waals surface area (Å²) < 4.78 is 10.5. The number of rotatable bonds is 5. The van der Waals surface area contributed by atoms with E-state index in [0.717, 1.165) is 11.1 Å². The molecule has 0 fully saturated rings. The summed E-state index contributed by atoms with van der Waals surface area (Å²) in [6.07, 6.45) is 0. The van der Waals surface area contributed by atoms with E-state index in [2.05, 4.69) is 5.32 Å². The van der Waals surface area contributed by atoms with Crippen molar-refractivity contribution in [3.63, 3.8) is 0 Å². The normalized spacial score (nSPS) is 10.2. The van der Waals surface area contributed by atoms with Crippen LogP contribution >= 0.6 is 0 Å². The lowest BCUT2D eigenvalue weighted by atomic mass is 10.0. The predicted molar refractivity (Wildman–Crippen MR) is 99.4 cm³/mol. The quantitative estimate of drug-likeness (QED) is 0.741. The lowest BCUT2D eigenvalue weighted by Crippen LogP contribution is -2.12. The number of hydrogen-bond donors (Lipinski definition) is 1. The maximum absolute atomic E-state index is 12.5. The molecule has 0 aromatic heterocycles. The number of benzene rings is 3. The molecule has 0 aliphatic heterocycles. The third-order valence-electron chi connectivity index (χ3n) is 3.91. The maximum Gasteiger partial charge on any atom is 0.255 e. The van der Waals surface area contributed by atoms with Crippen molar-refractivity contribution >= 4 is 11.6 Å². The van der Waals surface area contributed by atoms with E-state index in [-0.39, 0.29) is 5.91 Å². The predicted octanol–water partition coefficient (Wildman–Crippen LogP) is 4.62. The summed E-state index contributed by atoms with van der Waals surface area (Å²) in [5, 5.41) is 2.87. The highest BCUT2D eigenvalue weighted by Crippen LogP contribution is 2.29. The van der Waals surface area contributed by atoms with Gasteiger partial charge in [-0.3, -0.25) is 4.79 Å². The molecule has 0 saturated carbocycles. The van der Waals surface area contributed by atoms with E-state index in [1.54, 1.807) is 32.4 Å². The van der Waals surface area contributed by atoms with Crippen LogP contribution in [0, 0.1) is 0 Å². The first-order chi connectivity index (χ1) is 12.2. The summed E-state index contributed by atoms with van der Waals surface area (Å²) in [6, 6.07) is 22.8. The molecule has 0 bridgehead atoms. The second-order valence-corrected chi connectivity index (χ2v) is 5.46. The van der Waals surface area contributed by atoms with Crippen molar-refractivity contribution in [1.82, 2.24) is 0 Å². The van der Waals surface area contributed by atoms with Gasteiger partial charge in [-0.1, -0.05) is 42.5 Å². The van der Waals surface area contributed by atoms with E-state index in [1.165, 1.54) is 0 Å². The van der Waals surface area contributed by atoms with Crippen molar-refractivity contribution in [3.8, 4) is 22.6 Å². The third kappa shape index (κ3) is 3.80. The van der Waals surface area contributed by atoms with Crippen molar-refractivity contribution in [2.24, 2.45) is 0 Å². The number of carbonyl (C=O) groups is 1. The fraction of sp³-hybridized carbons (Fsp3) is 0.0952. The molecule has 4 nitrogen and oxygen atoms in total. The zero-order chi connectivity index (χ0) is 17.6. The summed E-state index contributed by atoms with van der Waals surface area (Å²) >= 11 is 0. The average Bonchev–Trinajstić information content (AvgIpc) is 2.69. The minimum absolute atomic E-state index is 0.192. The zero-order valence-electron chi connectivity index (χ0n) is 14.2. The van der Waals surface area contributed by atoms with Crippen molar-refractivity contribution in [2.45, 2.75) is 0 Å². The fourth-order valence-electron chi connectivity index (χ4n) is 2.54. The van der Waals surface area contributed by atoms with Crippen LogP contribution in [0.2, 0.25) is 0 Å².